The molecule has 2 aromatic rings. The third-order valence-electron chi connectivity index (χ3n) is 3.69. The smallest absolute Gasteiger partial charge is 0.108 e. The molecule has 0 spiro atoms. The van der Waals surface area contributed by atoms with E-state index in [-0.39, 0.29) is 0 Å². The summed E-state index contributed by atoms with van der Waals surface area (Å²) in [4.78, 5) is 4.17. The largest absolute Gasteiger partial charge is 0.317 e. The Labute approximate surface area is 121 Å². The molecule has 4 nitrogen and oxygen atoms in total. The quantitative estimate of drug-likeness (QED) is 0.925. The summed E-state index contributed by atoms with van der Waals surface area (Å²) in [6, 6.07) is 3.99. The molecule has 2 aromatic heterocycles. The molecule has 1 aliphatic rings. The number of nitrogens with zero attached hydrogens (tertiary/aromatic N) is 3. The Morgan fingerprint density at radius 2 is 2.16 bits per heavy atom. The maximum absolute atomic E-state index is 4.66. The standard InChI is InChI=1S/C14H17BrN4/c1-19-14(10-4-7-16-8-5-10)12(15)13(18-19)11-3-2-6-17-9-11/h2-3,6,9-10,16H,4-5,7-8H2,1H3. The highest BCUT2D eigenvalue weighted by Crippen LogP contribution is 2.36. The summed E-state index contributed by atoms with van der Waals surface area (Å²) in [7, 11) is 2.03. The molecule has 0 unspecified atom stereocenters. The van der Waals surface area contributed by atoms with Gasteiger partial charge in [-0.25, -0.2) is 0 Å². The summed E-state index contributed by atoms with van der Waals surface area (Å²) >= 11 is 3.74. The predicted molar refractivity (Wildman–Crippen MR) is 79.0 cm³/mol. The SMILES string of the molecule is Cn1nc(-c2cccnc2)c(Br)c1C1CCNCC1. The molecule has 0 amide bonds. The van der Waals surface area contributed by atoms with Gasteiger partial charge in [-0.3, -0.25) is 9.67 Å². The number of nitrogens with one attached hydrogen (secondary N) is 1. The van der Waals surface area contributed by atoms with Crippen LogP contribution in [0.2, 0.25) is 0 Å². The lowest BCUT2D eigenvalue weighted by Crippen LogP contribution is -2.27. The molecule has 0 aromatic carbocycles. The molecule has 1 fully saturated rings. The second kappa shape index (κ2) is 5.43. The van der Waals surface area contributed by atoms with Crippen molar-refractivity contribution in [1.29, 1.82) is 0 Å². The van der Waals surface area contributed by atoms with Crippen molar-refractivity contribution in [3.05, 3.63) is 34.7 Å². The van der Waals surface area contributed by atoms with Gasteiger partial charge >= 0.3 is 0 Å². The second-order valence-corrected chi connectivity index (χ2v) is 5.73. The first-order valence-corrected chi connectivity index (χ1v) is 7.40. The minimum Gasteiger partial charge on any atom is -0.317 e. The summed E-state index contributed by atoms with van der Waals surface area (Å²) in [6.45, 7) is 2.18. The van der Waals surface area contributed by atoms with Gasteiger partial charge in [0.2, 0.25) is 0 Å². The van der Waals surface area contributed by atoms with E-state index < -0.39 is 0 Å². The monoisotopic (exact) mass is 320 g/mol. The van der Waals surface area contributed by atoms with Gasteiger partial charge in [-0.05, 0) is 54.0 Å². The highest BCUT2D eigenvalue weighted by Gasteiger charge is 2.24. The Morgan fingerprint density at radius 1 is 1.37 bits per heavy atom. The van der Waals surface area contributed by atoms with E-state index in [9.17, 15) is 0 Å². The maximum atomic E-state index is 4.66. The van der Waals surface area contributed by atoms with Crippen LogP contribution in [-0.4, -0.2) is 27.9 Å². The topological polar surface area (TPSA) is 42.7 Å². The van der Waals surface area contributed by atoms with Gasteiger partial charge in [0.25, 0.3) is 0 Å². The number of aromatic nitrogens is 3. The van der Waals surface area contributed by atoms with Crippen molar-refractivity contribution in [2.24, 2.45) is 7.05 Å². The van der Waals surface area contributed by atoms with Crippen molar-refractivity contribution >= 4 is 15.9 Å². The lowest BCUT2D eigenvalue weighted by atomic mass is 9.94. The van der Waals surface area contributed by atoms with Crippen LogP contribution in [-0.2, 0) is 7.05 Å². The number of pyridine rings is 1. The zero-order valence-corrected chi connectivity index (χ0v) is 12.5. The highest BCUT2D eigenvalue weighted by atomic mass is 79.9. The van der Waals surface area contributed by atoms with E-state index in [4.69, 9.17) is 0 Å². The highest BCUT2D eigenvalue weighted by molar-refractivity contribution is 9.10. The number of halogens is 1. The zero-order valence-electron chi connectivity index (χ0n) is 10.9. The van der Waals surface area contributed by atoms with E-state index in [1.807, 2.05) is 30.1 Å². The zero-order chi connectivity index (χ0) is 13.2. The van der Waals surface area contributed by atoms with Crippen LogP contribution in [0.1, 0.15) is 24.5 Å². The van der Waals surface area contributed by atoms with Crippen LogP contribution in [0.3, 0.4) is 0 Å². The van der Waals surface area contributed by atoms with Gasteiger partial charge < -0.3 is 5.32 Å². The van der Waals surface area contributed by atoms with E-state index in [0.29, 0.717) is 5.92 Å². The predicted octanol–water partition coefficient (Wildman–Crippen LogP) is 2.71. The van der Waals surface area contributed by atoms with Crippen molar-refractivity contribution < 1.29 is 0 Å². The maximum Gasteiger partial charge on any atom is 0.108 e. The molecule has 1 aliphatic heterocycles. The van der Waals surface area contributed by atoms with Crippen LogP contribution in [0.5, 0.6) is 0 Å². The first-order chi connectivity index (χ1) is 9.27. The second-order valence-electron chi connectivity index (χ2n) is 4.94. The number of hydrogen-bond acceptors (Lipinski definition) is 3. The summed E-state index contributed by atoms with van der Waals surface area (Å²) in [6.07, 6.45) is 5.99. The van der Waals surface area contributed by atoms with Crippen LogP contribution >= 0.6 is 15.9 Å². The number of piperidine rings is 1. The summed E-state index contributed by atoms with van der Waals surface area (Å²) in [5.41, 5.74) is 3.36. The molecule has 1 saturated heterocycles. The van der Waals surface area contributed by atoms with E-state index >= 15 is 0 Å². The Bertz CT molecular complexity index is 558. The molecule has 5 heteroatoms. The van der Waals surface area contributed by atoms with Gasteiger partial charge in [-0.2, -0.15) is 5.10 Å². The van der Waals surface area contributed by atoms with Gasteiger partial charge in [0.1, 0.15) is 5.69 Å². The van der Waals surface area contributed by atoms with Crippen molar-refractivity contribution in [1.82, 2.24) is 20.1 Å². The molecule has 0 bridgehead atoms. The van der Waals surface area contributed by atoms with Crippen LogP contribution in [0.4, 0.5) is 0 Å². The lowest BCUT2D eigenvalue weighted by Gasteiger charge is -2.23. The van der Waals surface area contributed by atoms with Crippen molar-refractivity contribution in [2.75, 3.05) is 13.1 Å². The van der Waals surface area contributed by atoms with Crippen LogP contribution in [0.15, 0.2) is 29.0 Å². The molecule has 0 radical (unpaired) electrons. The molecule has 3 heterocycles. The molecule has 0 aliphatic carbocycles. The first kappa shape index (κ1) is 12.8. The van der Waals surface area contributed by atoms with E-state index in [1.54, 1.807) is 6.20 Å². The number of aryl methyl sites for hydroxylation is 1. The molecule has 0 saturated carbocycles. The molecule has 19 heavy (non-hydrogen) atoms. The molecule has 0 atom stereocenters. The van der Waals surface area contributed by atoms with Gasteiger partial charge in [0, 0.05) is 30.9 Å². The van der Waals surface area contributed by atoms with Crippen LogP contribution in [0.25, 0.3) is 11.3 Å². The molecule has 1 N–H and O–H groups in total. The number of hydrogen-bond donors (Lipinski definition) is 1. The van der Waals surface area contributed by atoms with E-state index in [0.717, 1.165) is 28.8 Å². The Morgan fingerprint density at radius 3 is 2.84 bits per heavy atom. The Kier molecular flexibility index (Phi) is 3.66. The molecular formula is C14H17BrN4. The average Bonchev–Trinajstić information content (AvgIpc) is 2.76. The van der Waals surface area contributed by atoms with Crippen molar-refractivity contribution in [3.8, 4) is 11.3 Å². The number of rotatable bonds is 2. The fourth-order valence-electron chi connectivity index (χ4n) is 2.74. The molecule has 3 rings (SSSR count). The Balaban J connectivity index is 2.00. The van der Waals surface area contributed by atoms with E-state index in [2.05, 4.69) is 31.3 Å². The van der Waals surface area contributed by atoms with Gasteiger partial charge in [-0.15, -0.1) is 0 Å². The van der Waals surface area contributed by atoms with Gasteiger partial charge in [0.05, 0.1) is 10.2 Å². The van der Waals surface area contributed by atoms with Crippen LogP contribution < -0.4 is 5.32 Å². The van der Waals surface area contributed by atoms with Crippen molar-refractivity contribution in [3.63, 3.8) is 0 Å². The fourth-order valence-corrected chi connectivity index (χ4v) is 3.63. The summed E-state index contributed by atoms with van der Waals surface area (Å²) < 4.78 is 3.14. The Hall–Kier alpha value is -1.20. The third kappa shape index (κ3) is 2.44. The average molecular weight is 321 g/mol. The van der Waals surface area contributed by atoms with Crippen LogP contribution in [0, 0.1) is 0 Å². The minimum atomic E-state index is 0.582. The van der Waals surface area contributed by atoms with Gasteiger partial charge in [0.15, 0.2) is 0 Å². The first-order valence-electron chi connectivity index (χ1n) is 6.61. The molecular weight excluding hydrogens is 304 g/mol. The summed E-state index contributed by atoms with van der Waals surface area (Å²) in [5, 5.41) is 8.07. The summed E-state index contributed by atoms with van der Waals surface area (Å²) in [5.74, 6) is 0.582. The fraction of sp³-hybridized carbons (Fsp3) is 0.429. The van der Waals surface area contributed by atoms with E-state index in [1.165, 1.54) is 18.5 Å². The lowest BCUT2D eigenvalue weighted by molar-refractivity contribution is 0.439. The van der Waals surface area contributed by atoms with Gasteiger partial charge in [-0.1, -0.05) is 0 Å². The molecule has 100 valence electrons. The van der Waals surface area contributed by atoms with Crippen molar-refractivity contribution in [2.45, 2.75) is 18.8 Å². The normalized spacial score (nSPS) is 16.7. The minimum absolute atomic E-state index is 0.582. The third-order valence-corrected chi connectivity index (χ3v) is 4.47.